The minimum absolute atomic E-state index is 0.182. The van der Waals surface area contributed by atoms with Crippen molar-refractivity contribution in [3.63, 3.8) is 0 Å². The Morgan fingerprint density at radius 1 is 1.17 bits per heavy atom. The van der Waals surface area contributed by atoms with E-state index in [1.54, 1.807) is 12.4 Å². The third kappa shape index (κ3) is 5.28. The van der Waals surface area contributed by atoms with Crippen LogP contribution >= 0.6 is 11.3 Å². The van der Waals surface area contributed by atoms with E-state index in [9.17, 15) is 0 Å². The molecule has 0 aliphatic heterocycles. The minimum atomic E-state index is 0.182. The highest BCUT2D eigenvalue weighted by atomic mass is 32.1. The maximum absolute atomic E-state index is 6.04. The van der Waals surface area contributed by atoms with Crippen LogP contribution < -0.4 is 10.1 Å². The maximum Gasteiger partial charge on any atom is 0.317 e. The lowest BCUT2D eigenvalue weighted by molar-refractivity contribution is 0.177. The van der Waals surface area contributed by atoms with Crippen LogP contribution in [0.15, 0.2) is 30.9 Å². The summed E-state index contributed by atoms with van der Waals surface area (Å²) in [6, 6.07) is 2.30. The van der Waals surface area contributed by atoms with Crippen molar-refractivity contribution in [3.05, 3.63) is 36.4 Å². The predicted molar refractivity (Wildman–Crippen MR) is 118 cm³/mol. The van der Waals surface area contributed by atoms with Crippen LogP contribution in [0.1, 0.15) is 38.7 Å². The topological polar surface area (TPSA) is 89.0 Å². The summed E-state index contributed by atoms with van der Waals surface area (Å²) < 4.78 is 6.04. The molecule has 9 heteroatoms. The molecule has 1 atom stereocenters. The number of hydrogen-bond donors (Lipinski definition) is 1. The zero-order valence-corrected chi connectivity index (χ0v) is 18.6. The Hall–Kier alpha value is -2.65. The van der Waals surface area contributed by atoms with Crippen molar-refractivity contribution in [3.8, 4) is 16.6 Å². The zero-order valence-electron chi connectivity index (χ0n) is 17.8. The Bertz CT molecular complexity index is 987. The normalized spacial score (nSPS) is 18.0. The summed E-state index contributed by atoms with van der Waals surface area (Å²) in [7, 11) is 4.03. The number of aromatic nitrogens is 5. The Kier molecular flexibility index (Phi) is 5.92. The molecule has 158 valence electrons. The molecule has 3 heterocycles. The van der Waals surface area contributed by atoms with Crippen molar-refractivity contribution in [2.24, 2.45) is 5.41 Å². The van der Waals surface area contributed by atoms with E-state index < -0.39 is 0 Å². The summed E-state index contributed by atoms with van der Waals surface area (Å²) in [6.45, 7) is 5.36. The molecule has 30 heavy (non-hydrogen) atoms. The number of nitrogens with zero attached hydrogens (tertiary/aromatic N) is 6. The molecular formula is C21H27N7OS. The molecule has 1 fully saturated rings. The van der Waals surface area contributed by atoms with Crippen LogP contribution in [0.4, 0.5) is 11.1 Å². The summed E-state index contributed by atoms with van der Waals surface area (Å²) in [5.74, 6) is 0.522. The highest BCUT2D eigenvalue weighted by Gasteiger charge is 2.32. The molecule has 3 aromatic rings. The van der Waals surface area contributed by atoms with E-state index in [4.69, 9.17) is 4.74 Å². The second-order valence-corrected chi connectivity index (χ2v) is 9.71. The van der Waals surface area contributed by atoms with Gasteiger partial charge in [0.1, 0.15) is 6.10 Å². The summed E-state index contributed by atoms with van der Waals surface area (Å²) in [5, 5.41) is 3.87. The van der Waals surface area contributed by atoms with Crippen LogP contribution in [0.3, 0.4) is 0 Å². The highest BCUT2D eigenvalue weighted by molar-refractivity contribution is 7.18. The van der Waals surface area contributed by atoms with E-state index in [1.807, 2.05) is 32.6 Å². The Labute approximate surface area is 180 Å². The van der Waals surface area contributed by atoms with E-state index in [-0.39, 0.29) is 6.10 Å². The molecule has 1 aliphatic rings. The van der Waals surface area contributed by atoms with Crippen LogP contribution in [0.5, 0.6) is 6.01 Å². The third-order valence-electron chi connectivity index (χ3n) is 5.01. The number of rotatable bonds is 7. The largest absolute Gasteiger partial charge is 0.460 e. The van der Waals surface area contributed by atoms with Crippen molar-refractivity contribution >= 4 is 22.4 Å². The van der Waals surface area contributed by atoms with Crippen molar-refractivity contribution < 1.29 is 4.74 Å². The average Bonchev–Trinajstić information content (AvgIpc) is 3.29. The summed E-state index contributed by atoms with van der Waals surface area (Å²) in [6.07, 6.45) is 10.6. The second kappa shape index (κ2) is 8.61. The van der Waals surface area contributed by atoms with Crippen LogP contribution in [-0.4, -0.2) is 50.0 Å². The van der Waals surface area contributed by atoms with E-state index >= 15 is 0 Å². The van der Waals surface area contributed by atoms with Crippen molar-refractivity contribution in [1.29, 1.82) is 0 Å². The van der Waals surface area contributed by atoms with Crippen molar-refractivity contribution in [1.82, 2.24) is 29.8 Å². The molecule has 8 nitrogen and oxygen atoms in total. The van der Waals surface area contributed by atoms with Gasteiger partial charge in [-0.1, -0.05) is 25.2 Å². The molecule has 0 bridgehead atoms. The summed E-state index contributed by atoms with van der Waals surface area (Å²) in [4.78, 5) is 25.0. The Morgan fingerprint density at radius 3 is 2.67 bits per heavy atom. The van der Waals surface area contributed by atoms with Gasteiger partial charge in [-0.3, -0.25) is 0 Å². The van der Waals surface area contributed by atoms with Gasteiger partial charge in [-0.15, -0.1) is 0 Å². The van der Waals surface area contributed by atoms with E-state index in [0.29, 0.717) is 22.5 Å². The van der Waals surface area contributed by atoms with Gasteiger partial charge in [0.2, 0.25) is 5.95 Å². The number of nitrogens with one attached hydrogen (secondary N) is 1. The molecule has 0 unspecified atom stereocenters. The monoisotopic (exact) mass is 425 g/mol. The molecule has 1 saturated carbocycles. The summed E-state index contributed by atoms with van der Waals surface area (Å²) in [5.41, 5.74) is 2.18. The number of ether oxygens (including phenoxy) is 1. The van der Waals surface area contributed by atoms with Gasteiger partial charge in [0.15, 0.2) is 5.13 Å². The average molecular weight is 426 g/mol. The first kappa shape index (κ1) is 20.6. The van der Waals surface area contributed by atoms with Gasteiger partial charge >= 0.3 is 6.01 Å². The van der Waals surface area contributed by atoms with E-state index in [0.717, 1.165) is 35.5 Å². The van der Waals surface area contributed by atoms with Crippen LogP contribution in [0.25, 0.3) is 10.6 Å². The molecule has 0 aromatic carbocycles. The molecule has 0 saturated heterocycles. The second-order valence-electron chi connectivity index (χ2n) is 8.68. The Morgan fingerprint density at radius 2 is 1.97 bits per heavy atom. The molecule has 4 rings (SSSR count). The molecule has 3 aromatic heterocycles. The van der Waals surface area contributed by atoms with Gasteiger partial charge in [-0.2, -0.15) is 4.98 Å². The van der Waals surface area contributed by atoms with Gasteiger partial charge in [0.25, 0.3) is 0 Å². The maximum atomic E-state index is 6.04. The van der Waals surface area contributed by atoms with Gasteiger partial charge < -0.3 is 15.0 Å². The zero-order chi connectivity index (χ0) is 21.1. The lowest BCUT2D eigenvalue weighted by atomic mass is 9.92. The van der Waals surface area contributed by atoms with Gasteiger partial charge in [-0.05, 0) is 44.8 Å². The fraction of sp³-hybridized carbons (Fsp3) is 0.476. The Balaban J connectivity index is 1.41. The first-order valence-corrected chi connectivity index (χ1v) is 10.9. The predicted octanol–water partition coefficient (Wildman–Crippen LogP) is 4.15. The van der Waals surface area contributed by atoms with E-state index in [2.05, 4.69) is 49.0 Å². The van der Waals surface area contributed by atoms with Gasteiger partial charge in [0.05, 0.1) is 10.6 Å². The fourth-order valence-corrected chi connectivity index (χ4v) is 4.35. The first-order chi connectivity index (χ1) is 14.4. The van der Waals surface area contributed by atoms with Gasteiger partial charge in [0, 0.05) is 36.9 Å². The number of hydrogen-bond acceptors (Lipinski definition) is 9. The molecule has 0 radical (unpaired) electrons. The minimum Gasteiger partial charge on any atom is -0.460 e. The summed E-state index contributed by atoms with van der Waals surface area (Å²) >= 11 is 1.49. The van der Waals surface area contributed by atoms with Crippen LogP contribution in [0.2, 0.25) is 0 Å². The number of anilines is 2. The van der Waals surface area contributed by atoms with Gasteiger partial charge in [-0.25, -0.2) is 19.9 Å². The fourth-order valence-electron chi connectivity index (χ4n) is 3.57. The molecule has 0 amide bonds. The first-order valence-electron chi connectivity index (χ1n) is 10.0. The quantitative estimate of drug-likeness (QED) is 0.604. The SMILES string of the molecule is CN(C)Cc1cnc(Nc2ncc(-c3ccnc(O[C@@H]4CCC(C)(C)C4)n3)s2)nc1. The number of thiazole rings is 1. The van der Waals surface area contributed by atoms with Crippen LogP contribution in [0, 0.1) is 5.41 Å². The standard InChI is InChI=1S/C21H27N7OS/c1-21(2)7-5-15(9-21)29-19-22-8-6-16(26-19)17-12-25-20(30-17)27-18-23-10-14(11-24-18)13-28(3)4/h6,8,10-12,15H,5,7,9,13H2,1-4H3,(H,23,24,25,27)/t15-/m1/s1. The lowest BCUT2D eigenvalue weighted by Crippen LogP contribution is -2.16. The highest BCUT2D eigenvalue weighted by Crippen LogP contribution is 2.38. The van der Waals surface area contributed by atoms with E-state index in [1.165, 1.54) is 17.8 Å². The molecule has 1 aliphatic carbocycles. The van der Waals surface area contributed by atoms with Crippen molar-refractivity contribution in [2.45, 2.75) is 45.8 Å². The molecule has 1 N–H and O–H groups in total. The smallest absolute Gasteiger partial charge is 0.317 e. The molecular weight excluding hydrogens is 398 g/mol. The van der Waals surface area contributed by atoms with Crippen molar-refractivity contribution in [2.75, 3.05) is 19.4 Å². The van der Waals surface area contributed by atoms with Crippen LogP contribution in [-0.2, 0) is 6.54 Å². The third-order valence-corrected chi connectivity index (χ3v) is 5.95. The molecule has 0 spiro atoms. The lowest BCUT2D eigenvalue weighted by Gasteiger charge is -2.17.